The molecule has 19 heavy (non-hydrogen) atoms. The van der Waals surface area contributed by atoms with Crippen molar-refractivity contribution in [2.75, 3.05) is 13.6 Å². The molecule has 0 saturated heterocycles. The zero-order valence-corrected chi connectivity index (χ0v) is 12.5. The molecular weight excluding hydrogens is 311 g/mol. The monoisotopic (exact) mass is 328 g/mol. The Labute approximate surface area is 121 Å². The fourth-order valence-corrected chi connectivity index (χ4v) is 2.72. The second-order valence-electron chi connectivity index (χ2n) is 5.17. The summed E-state index contributed by atoms with van der Waals surface area (Å²) in [7, 11) is 1.77. The van der Waals surface area contributed by atoms with Gasteiger partial charge >= 0.3 is 0 Å². The molecule has 3 nitrogen and oxygen atoms in total. The van der Waals surface area contributed by atoms with E-state index in [1.165, 1.54) is 6.07 Å². The average Bonchev–Trinajstić information content (AvgIpc) is 2.35. The molecule has 2 rings (SSSR count). The maximum Gasteiger partial charge on any atom is 0.225 e. The van der Waals surface area contributed by atoms with E-state index in [9.17, 15) is 9.18 Å². The van der Waals surface area contributed by atoms with Crippen molar-refractivity contribution < 1.29 is 9.18 Å². The third kappa shape index (κ3) is 3.54. The van der Waals surface area contributed by atoms with Gasteiger partial charge in [-0.1, -0.05) is 15.9 Å². The molecule has 1 aliphatic carbocycles. The summed E-state index contributed by atoms with van der Waals surface area (Å²) in [4.78, 5) is 13.7. The topological polar surface area (TPSA) is 46.3 Å². The van der Waals surface area contributed by atoms with Gasteiger partial charge in [0.1, 0.15) is 5.82 Å². The molecule has 0 heterocycles. The lowest BCUT2D eigenvalue weighted by Gasteiger charge is -2.34. The first-order chi connectivity index (χ1) is 8.97. The molecule has 0 unspecified atom stereocenters. The van der Waals surface area contributed by atoms with E-state index in [2.05, 4.69) is 15.9 Å². The van der Waals surface area contributed by atoms with Gasteiger partial charge in [-0.2, -0.15) is 0 Å². The molecule has 1 fully saturated rings. The molecule has 0 aliphatic heterocycles. The number of carbonyl (C=O) groups is 1. The molecule has 1 aromatic rings. The molecular formula is C14H18BrFN2O. The predicted molar refractivity (Wildman–Crippen MR) is 76.1 cm³/mol. The van der Waals surface area contributed by atoms with Crippen molar-refractivity contribution in [3.8, 4) is 0 Å². The fraction of sp³-hybridized carbons (Fsp3) is 0.500. The van der Waals surface area contributed by atoms with Crippen LogP contribution in [-0.4, -0.2) is 30.4 Å². The molecule has 1 saturated carbocycles. The number of nitrogens with zero attached hydrogens (tertiary/aromatic N) is 1. The quantitative estimate of drug-likeness (QED) is 0.922. The summed E-state index contributed by atoms with van der Waals surface area (Å²) >= 11 is 3.32. The zero-order chi connectivity index (χ0) is 14.0. The second-order valence-corrected chi connectivity index (χ2v) is 6.09. The van der Waals surface area contributed by atoms with Crippen LogP contribution in [0.2, 0.25) is 0 Å². The van der Waals surface area contributed by atoms with Crippen molar-refractivity contribution in [3.63, 3.8) is 0 Å². The normalized spacial score (nSPS) is 21.9. The molecule has 0 bridgehead atoms. The first-order valence-corrected chi connectivity index (χ1v) is 7.21. The summed E-state index contributed by atoms with van der Waals surface area (Å²) in [5.74, 6) is -0.0424. The first kappa shape index (κ1) is 14.5. The Morgan fingerprint density at radius 3 is 2.84 bits per heavy atom. The maximum absolute atomic E-state index is 13.6. The van der Waals surface area contributed by atoms with E-state index < -0.39 is 0 Å². The lowest BCUT2D eigenvalue weighted by Crippen LogP contribution is -2.46. The Kier molecular flexibility index (Phi) is 4.58. The standard InChI is InChI=1S/C14H18BrFN2O/c1-18(14(19)10-7-12(17)8-10)5-4-9-6-11(15)2-3-13(9)16/h2-3,6,10,12H,4-5,7-8,17H2,1H3. The van der Waals surface area contributed by atoms with Gasteiger partial charge in [-0.05, 0) is 43.0 Å². The summed E-state index contributed by atoms with van der Waals surface area (Å²) in [5, 5.41) is 0. The van der Waals surface area contributed by atoms with E-state index in [1.54, 1.807) is 24.1 Å². The Morgan fingerprint density at radius 2 is 2.21 bits per heavy atom. The molecule has 1 aliphatic rings. The second kappa shape index (κ2) is 6.01. The number of halogens is 2. The third-order valence-electron chi connectivity index (χ3n) is 3.62. The number of hydrogen-bond donors (Lipinski definition) is 1. The Morgan fingerprint density at radius 1 is 1.53 bits per heavy atom. The summed E-state index contributed by atoms with van der Waals surface area (Å²) < 4.78 is 14.4. The van der Waals surface area contributed by atoms with Crippen molar-refractivity contribution in [2.45, 2.75) is 25.3 Å². The Hall–Kier alpha value is -0.940. The predicted octanol–water partition coefficient (Wildman–Crippen LogP) is 2.33. The number of benzene rings is 1. The highest BCUT2D eigenvalue weighted by Crippen LogP contribution is 2.27. The van der Waals surface area contributed by atoms with Crippen molar-refractivity contribution in [1.82, 2.24) is 4.90 Å². The number of rotatable bonds is 4. The van der Waals surface area contributed by atoms with Crippen LogP contribution in [0.1, 0.15) is 18.4 Å². The highest BCUT2D eigenvalue weighted by atomic mass is 79.9. The van der Waals surface area contributed by atoms with E-state index in [-0.39, 0.29) is 23.7 Å². The van der Waals surface area contributed by atoms with E-state index >= 15 is 0 Å². The van der Waals surface area contributed by atoms with Crippen LogP contribution in [0.5, 0.6) is 0 Å². The van der Waals surface area contributed by atoms with Gasteiger partial charge in [0.15, 0.2) is 0 Å². The Bertz CT molecular complexity index is 475. The fourth-order valence-electron chi connectivity index (χ4n) is 2.31. The molecule has 5 heteroatoms. The largest absolute Gasteiger partial charge is 0.345 e. The Balaban J connectivity index is 1.87. The van der Waals surface area contributed by atoms with E-state index in [1.807, 2.05) is 0 Å². The van der Waals surface area contributed by atoms with E-state index in [0.29, 0.717) is 18.5 Å². The summed E-state index contributed by atoms with van der Waals surface area (Å²) in [6, 6.07) is 5.03. The van der Waals surface area contributed by atoms with Crippen LogP contribution in [0.3, 0.4) is 0 Å². The minimum atomic E-state index is -0.227. The van der Waals surface area contributed by atoms with Gasteiger partial charge in [0.25, 0.3) is 0 Å². The van der Waals surface area contributed by atoms with Crippen LogP contribution >= 0.6 is 15.9 Å². The van der Waals surface area contributed by atoms with Crippen LogP contribution < -0.4 is 5.73 Å². The minimum absolute atomic E-state index is 0.0624. The molecule has 0 aromatic heterocycles. The molecule has 0 radical (unpaired) electrons. The molecule has 0 atom stereocenters. The summed E-state index contributed by atoms with van der Waals surface area (Å²) in [6.07, 6.45) is 2.06. The van der Waals surface area contributed by atoms with Crippen molar-refractivity contribution in [3.05, 3.63) is 34.1 Å². The van der Waals surface area contributed by atoms with Crippen LogP contribution in [0.15, 0.2) is 22.7 Å². The van der Waals surface area contributed by atoms with Crippen molar-refractivity contribution in [2.24, 2.45) is 11.7 Å². The smallest absolute Gasteiger partial charge is 0.225 e. The van der Waals surface area contributed by atoms with Crippen molar-refractivity contribution >= 4 is 21.8 Å². The van der Waals surface area contributed by atoms with Crippen LogP contribution in [0.4, 0.5) is 4.39 Å². The third-order valence-corrected chi connectivity index (χ3v) is 4.12. The number of carbonyl (C=O) groups excluding carboxylic acids is 1. The van der Waals surface area contributed by atoms with Gasteiger partial charge < -0.3 is 10.6 Å². The lowest BCUT2D eigenvalue weighted by atomic mass is 9.80. The molecule has 104 valence electrons. The molecule has 0 spiro atoms. The molecule has 2 N–H and O–H groups in total. The van der Waals surface area contributed by atoms with E-state index in [0.717, 1.165) is 17.3 Å². The van der Waals surface area contributed by atoms with Crippen LogP contribution in [0, 0.1) is 11.7 Å². The summed E-state index contributed by atoms with van der Waals surface area (Å²) in [6.45, 7) is 0.526. The zero-order valence-electron chi connectivity index (χ0n) is 10.9. The van der Waals surface area contributed by atoms with Crippen LogP contribution in [0.25, 0.3) is 0 Å². The highest BCUT2D eigenvalue weighted by Gasteiger charge is 2.33. The molecule has 1 aromatic carbocycles. The maximum atomic E-state index is 13.6. The summed E-state index contributed by atoms with van der Waals surface area (Å²) in [5.41, 5.74) is 6.31. The highest BCUT2D eigenvalue weighted by molar-refractivity contribution is 9.10. The van der Waals surface area contributed by atoms with Gasteiger partial charge in [0.05, 0.1) is 0 Å². The van der Waals surface area contributed by atoms with Crippen molar-refractivity contribution in [1.29, 1.82) is 0 Å². The number of nitrogens with two attached hydrogens (primary N) is 1. The van der Waals surface area contributed by atoms with E-state index in [4.69, 9.17) is 5.73 Å². The van der Waals surface area contributed by atoms with Gasteiger partial charge in [-0.15, -0.1) is 0 Å². The SMILES string of the molecule is CN(CCc1cc(Br)ccc1F)C(=O)C1CC(N)C1. The average molecular weight is 329 g/mol. The van der Waals surface area contributed by atoms with Gasteiger partial charge in [0, 0.05) is 30.0 Å². The van der Waals surface area contributed by atoms with Gasteiger partial charge in [0.2, 0.25) is 5.91 Å². The van der Waals surface area contributed by atoms with Gasteiger partial charge in [-0.3, -0.25) is 4.79 Å². The lowest BCUT2D eigenvalue weighted by molar-refractivity contribution is -0.137. The number of likely N-dealkylation sites (N-methyl/N-ethyl adjacent to an activating group) is 1. The molecule has 1 amide bonds. The number of amides is 1. The number of hydrogen-bond acceptors (Lipinski definition) is 2. The van der Waals surface area contributed by atoms with Crippen LogP contribution in [-0.2, 0) is 11.2 Å². The minimum Gasteiger partial charge on any atom is -0.345 e. The van der Waals surface area contributed by atoms with Gasteiger partial charge in [-0.25, -0.2) is 4.39 Å². The first-order valence-electron chi connectivity index (χ1n) is 6.42.